The number of carbonyl (C=O) groups excluding carboxylic acids is 2. The normalized spacial score (nSPS) is 32.8. The fourth-order valence-electron chi connectivity index (χ4n) is 5.97. The van der Waals surface area contributed by atoms with Crippen molar-refractivity contribution in [2.75, 3.05) is 0 Å². The van der Waals surface area contributed by atoms with Gasteiger partial charge in [0.1, 0.15) is 5.78 Å². The van der Waals surface area contributed by atoms with Crippen LogP contribution in [0.15, 0.2) is 18.2 Å². The highest BCUT2D eigenvalue weighted by atomic mass is 32.2. The van der Waals surface area contributed by atoms with E-state index < -0.39 is 22.2 Å². The minimum absolute atomic E-state index is 0.134. The van der Waals surface area contributed by atoms with Gasteiger partial charge in [-0.25, -0.2) is 0 Å². The van der Waals surface area contributed by atoms with Crippen LogP contribution in [0, 0.1) is 17.3 Å². The zero-order valence-corrected chi connectivity index (χ0v) is 17.1. The molecule has 6 nitrogen and oxygen atoms in total. The van der Waals surface area contributed by atoms with E-state index in [9.17, 15) is 18.0 Å². The zero-order valence-electron chi connectivity index (χ0n) is 16.3. The predicted octanol–water partition coefficient (Wildman–Crippen LogP) is 2.96. The van der Waals surface area contributed by atoms with Crippen molar-refractivity contribution in [3.05, 3.63) is 34.9 Å². The Balaban J connectivity index is 1.58. The van der Waals surface area contributed by atoms with Gasteiger partial charge in [-0.2, -0.15) is 13.6 Å². The maximum Gasteiger partial charge on any atom is 0.382 e. The molecular weight excluding hydrogens is 378 g/mol. The standard InChI is InChI=1S/C21H27NO5S/c1-12(20(24)27-28(22,25)26)13-3-5-15-14(11-13)4-6-17-16(15)9-10-21(2)18(17)7-8-19(21)23/h3,5,11-12,16-18H,4,6-10H2,1-2H3,(H2,22,25,26)/t12?,16?,17?,18?,21-/m0/s1. The van der Waals surface area contributed by atoms with Gasteiger partial charge in [-0.3, -0.25) is 9.59 Å². The number of aryl methyl sites for hydroxylation is 1. The Labute approximate surface area is 166 Å². The van der Waals surface area contributed by atoms with Gasteiger partial charge < -0.3 is 4.18 Å². The summed E-state index contributed by atoms with van der Waals surface area (Å²) in [7, 11) is -4.31. The molecule has 0 radical (unpaired) electrons. The van der Waals surface area contributed by atoms with E-state index >= 15 is 0 Å². The van der Waals surface area contributed by atoms with Crippen molar-refractivity contribution in [2.45, 2.75) is 64.2 Å². The van der Waals surface area contributed by atoms with Gasteiger partial charge in [0.15, 0.2) is 0 Å². The summed E-state index contributed by atoms with van der Waals surface area (Å²) in [4.78, 5) is 24.5. The summed E-state index contributed by atoms with van der Waals surface area (Å²) >= 11 is 0. The van der Waals surface area contributed by atoms with Crippen LogP contribution >= 0.6 is 0 Å². The summed E-state index contributed by atoms with van der Waals surface area (Å²) in [6.07, 6.45) is 5.70. The molecule has 1 aromatic carbocycles. The van der Waals surface area contributed by atoms with Crippen molar-refractivity contribution < 1.29 is 22.2 Å². The lowest BCUT2D eigenvalue weighted by Crippen LogP contribution is -2.42. The fourth-order valence-corrected chi connectivity index (χ4v) is 6.34. The highest BCUT2D eigenvalue weighted by molar-refractivity contribution is 7.84. The molecule has 2 saturated carbocycles. The molecule has 28 heavy (non-hydrogen) atoms. The lowest BCUT2D eigenvalue weighted by atomic mass is 9.55. The Hall–Kier alpha value is -1.73. The van der Waals surface area contributed by atoms with Gasteiger partial charge in [-0.05, 0) is 73.5 Å². The average molecular weight is 406 g/mol. The molecule has 0 heterocycles. The Morgan fingerprint density at radius 1 is 1.25 bits per heavy atom. The van der Waals surface area contributed by atoms with Gasteiger partial charge >= 0.3 is 16.3 Å². The first-order valence-corrected chi connectivity index (χ1v) is 11.5. The molecule has 3 aliphatic rings. The fraction of sp³-hybridized carbons (Fsp3) is 0.619. The van der Waals surface area contributed by atoms with Crippen LogP contribution in [0.1, 0.15) is 74.5 Å². The predicted molar refractivity (Wildman–Crippen MR) is 104 cm³/mol. The topological polar surface area (TPSA) is 104 Å². The van der Waals surface area contributed by atoms with E-state index in [4.69, 9.17) is 5.14 Å². The Morgan fingerprint density at radius 2 is 2.00 bits per heavy atom. The molecule has 0 aromatic heterocycles. The van der Waals surface area contributed by atoms with E-state index in [-0.39, 0.29) is 5.41 Å². The first-order chi connectivity index (χ1) is 13.1. The average Bonchev–Trinajstić information content (AvgIpc) is 2.94. The number of hydrogen-bond donors (Lipinski definition) is 1. The van der Waals surface area contributed by atoms with Crippen molar-refractivity contribution in [1.29, 1.82) is 0 Å². The molecule has 0 bridgehead atoms. The van der Waals surface area contributed by atoms with Crippen molar-refractivity contribution >= 4 is 22.1 Å². The highest BCUT2D eigenvalue weighted by Crippen LogP contribution is 2.59. The zero-order chi connectivity index (χ0) is 20.3. The van der Waals surface area contributed by atoms with Crippen LogP contribution in [0.4, 0.5) is 0 Å². The minimum atomic E-state index is -4.31. The van der Waals surface area contributed by atoms with E-state index in [1.807, 2.05) is 12.1 Å². The molecule has 2 fully saturated rings. The van der Waals surface area contributed by atoms with Crippen molar-refractivity contribution in [1.82, 2.24) is 0 Å². The van der Waals surface area contributed by atoms with E-state index in [1.165, 1.54) is 11.1 Å². The van der Waals surface area contributed by atoms with Gasteiger partial charge in [0.25, 0.3) is 0 Å². The second kappa shape index (κ2) is 6.66. The second-order valence-electron chi connectivity index (χ2n) is 8.91. The van der Waals surface area contributed by atoms with Gasteiger partial charge in [-0.1, -0.05) is 25.1 Å². The van der Waals surface area contributed by atoms with Crippen molar-refractivity contribution in [3.63, 3.8) is 0 Å². The molecule has 5 atom stereocenters. The third kappa shape index (κ3) is 3.18. The first kappa shape index (κ1) is 19.6. The van der Waals surface area contributed by atoms with Crippen LogP contribution in [0.3, 0.4) is 0 Å². The quantitative estimate of drug-likeness (QED) is 0.833. The molecule has 4 rings (SSSR count). The van der Waals surface area contributed by atoms with Gasteiger partial charge in [-0.15, -0.1) is 0 Å². The Kier molecular flexibility index (Phi) is 4.66. The number of rotatable bonds is 3. The molecule has 4 unspecified atom stereocenters. The number of hydrogen-bond acceptors (Lipinski definition) is 5. The molecule has 0 saturated heterocycles. The molecule has 152 valence electrons. The van der Waals surface area contributed by atoms with Crippen LogP contribution in [-0.4, -0.2) is 20.2 Å². The number of nitrogens with two attached hydrogens (primary N) is 1. The van der Waals surface area contributed by atoms with Gasteiger partial charge in [0, 0.05) is 11.8 Å². The molecule has 0 aliphatic heterocycles. The van der Waals surface area contributed by atoms with E-state index in [2.05, 4.69) is 17.2 Å². The molecule has 3 aliphatic carbocycles. The monoisotopic (exact) mass is 405 g/mol. The molecule has 2 N–H and O–H groups in total. The van der Waals surface area contributed by atoms with Crippen molar-refractivity contribution in [3.8, 4) is 0 Å². The van der Waals surface area contributed by atoms with Crippen LogP contribution in [-0.2, 0) is 30.5 Å². The lowest BCUT2D eigenvalue weighted by molar-refractivity contribution is -0.135. The number of ketones is 1. The third-order valence-electron chi connectivity index (χ3n) is 7.51. The second-order valence-corrected chi connectivity index (χ2v) is 10.1. The minimum Gasteiger partial charge on any atom is -0.334 e. The molecule has 0 amide bonds. The summed E-state index contributed by atoms with van der Waals surface area (Å²) < 4.78 is 26.4. The number of fused-ring (bicyclic) bond motifs is 5. The smallest absolute Gasteiger partial charge is 0.334 e. The van der Waals surface area contributed by atoms with Crippen LogP contribution < -0.4 is 5.14 Å². The molecule has 1 aromatic rings. The summed E-state index contributed by atoms with van der Waals surface area (Å²) in [5.41, 5.74) is 3.16. The molecule has 7 heteroatoms. The summed E-state index contributed by atoms with van der Waals surface area (Å²) in [6.45, 7) is 3.79. The molecule has 0 spiro atoms. The highest BCUT2D eigenvalue weighted by Gasteiger charge is 2.54. The summed E-state index contributed by atoms with van der Waals surface area (Å²) in [5.74, 6) is 0.369. The number of carbonyl (C=O) groups is 2. The SMILES string of the molecule is CC(C(=O)OS(N)(=O)=O)c1ccc2c(c1)CCC1C2CC[C@]2(C)C(=O)CCC12. The largest absolute Gasteiger partial charge is 0.382 e. The molecular formula is C21H27NO5S. The van der Waals surface area contributed by atoms with E-state index in [1.54, 1.807) is 6.92 Å². The van der Waals surface area contributed by atoms with Gasteiger partial charge in [0.05, 0.1) is 5.92 Å². The maximum absolute atomic E-state index is 12.4. The van der Waals surface area contributed by atoms with E-state index in [0.717, 1.165) is 44.1 Å². The number of Topliss-reactive ketones (excluding diaryl/α,β-unsaturated/α-hetero) is 1. The Morgan fingerprint density at radius 3 is 2.71 bits per heavy atom. The first-order valence-electron chi connectivity index (χ1n) is 10.0. The number of benzene rings is 1. The van der Waals surface area contributed by atoms with Crippen LogP contribution in [0.5, 0.6) is 0 Å². The lowest BCUT2D eigenvalue weighted by Gasteiger charge is -2.48. The summed E-state index contributed by atoms with van der Waals surface area (Å²) in [5, 5.41) is 4.80. The van der Waals surface area contributed by atoms with Crippen molar-refractivity contribution in [2.24, 2.45) is 22.4 Å². The third-order valence-corrected chi connectivity index (χ3v) is 7.91. The maximum atomic E-state index is 12.4. The van der Waals surface area contributed by atoms with E-state index in [0.29, 0.717) is 23.5 Å². The van der Waals surface area contributed by atoms with Crippen LogP contribution in [0.25, 0.3) is 0 Å². The van der Waals surface area contributed by atoms with Gasteiger partial charge in [0.2, 0.25) is 0 Å². The van der Waals surface area contributed by atoms with Crippen LogP contribution in [0.2, 0.25) is 0 Å². The Bertz CT molecular complexity index is 940. The summed E-state index contributed by atoms with van der Waals surface area (Å²) in [6, 6.07) is 5.99.